The summed E-state index contributed by atoms with van der Waals surface area (Å²) in [5.74, 6) is 2.34. The fraction of sp³-hybridized carbons (Fsp3) is 0.706. The van der Waals surface area contributed by atoms with Gasteiger partial charge in [-0.3, -0.25) is 9.89 Å². The maximum Gasteiger partial charge on any atom is 0.191 e. The Bertz CT molecular complexity index is 463. The molecule has 6 nitrogen and oxygen atoms in total. The molecular weight excluding hydrogens is 290 g/mol. The van der Waals surface area contributed by atoms with E-state index in [-0.39, 0.29) is 0 Å². The van der Waals surface area contributed by atoms with Gasteiger partial charge in [0.25, 0.3) is 0 Å². The normalized spacial score (nSPS) is 19.1. The monoisotopic (exact) mass is 321 g/mol. The van der Waals surface area contributed by atoms with E-state index in [1.54, 1.807) is 13.3 Å². The first-order valence-electron chi connectivity index (χ1n) is 8.49. The molecule has 1 atom stereocenters. The predicted molar refractivity (Wildman–Crippen MR) is 94.6 cm³/mol. The first-order valence-corrected chi connectivity index (χ1v) is 8.49. The average molecular weight is 321 g/mol. The summed E-state index contributed by atoms with van der Waals surface area (Å²) in [7, 11) is 4.00. The predicted octanol–water partition coefficient (Wildman–Crippen LogP) is 1.22. The molecule has 1 unspecified atom stereocenters. The molecule has 0 radical (unpaired) electrons. The molecule has 1 fully saturated rings. The van der Waals surface area contributed by atoms with Crippen LogP contribution in [-0.4, -0.2) is 68.6 Å². The molecule has 2 N–H and O–H groups in total. The van der Waals surface area contributed by atoms with Crippen LogP contribution >= 0.6 is 0 Å². The molecule has 0 bridgehead atoms. The molecular formula is C17H31N5O. The molecule has 0 saturated carbocycles. The van der Waals surface area contributed by atoms with E-state index < -0.39 is 0 Å². The van der Waals surface area contributed by atoms with Crippen LogP contribution in [0.5, 0.6) is 0 Å². The molecule has 1 saturated heterocycles. The van der Waals surface area contributed by atoms with Crippen molar-refractivity contribution in [3.63, 3.8) is 0 Å². The van der Waals surface area contributed by atoms with Crippen molar-refractivity contribution in [1.29, 1.82) is 0 Å². The summed E-state index contributed by atoms with van der Waals surface area (Å²) in [6.07, 6.45) is 1.69. The number of hydrogen-bond donors (Lipinski definition) is 2. The topological polar surface area (TPSA) is 56.0 Å². The molecule has 0 spiro atoms. The van der Waals surface area contributed by atoms with E-state index in [0.717, 1.165) is 44.4 Å². The molecule has 2 rings (SSSR count). The lowest BCUT2D eigenvalue weighted by atomic mass is 10.0. The van der Waals surface area contributed by atoms with Crippen LogP contribution in [0, 0.1) is 5.92 Å². The lowest BCUT2D eigenvalue weighted by molar-refractivity contribution is 0.0900. The fourth-order valence-corrected chi connectivity index (χ4v) is 2.95. The molecule has 0 aromatic carbocycles. The lowest BCUT2D eigenvalue weighted by Crippen LogP contribution is -2.55. The van der Waals surface area contributed by atoms with E-state index in [1.807, 2.05) is 12.1 Å². The maximum atomic E-state index is 5.34. The summed E-state index contributed by atoms with van der Waals surface area (Å²) in [6.45, 7) is 10.7. The van der Waals surface area contributed by atoms with Gasteiger partial charge in [-0.25, -0.2) is 0 Å². The van der Waals surface area contributed by atoms with Crippen molar-refractivity contribution in [2.24, 2.45) is 10.9 Å². The Hall–Kier alpha value is -1.53. The highest BCUT2D eigenvalue weighted by atomic mass is 16.3. The van der Waals surface area contributed by atoms with Gasteiger partial charge in [0.1, 0.15) is 5.76 Å². The first-order chi connectivity index (χ1) is 11.1. The molecule has 1 aromatic heterocycles. The van der Waals surface area contributed by atoms with E-state index in [2.05, 4.69) is 46.3 Å². The number of rotatable bonds is 6. The van der Waals surface area contributed by atoms with Crippen molar-refractivity contribution in [1.82, 2.24) is 20.4 Å². The van der Waals surface area contributed by atoms with E-state index in [1.165, 1.54) is 0 Å². The fourth-order valence-electron chi connectivity index (χ4n) is 2.95. The second kappa shape index (κ2) is 8.93. The zero-order valence-corrected chi connectivity index (χ0v) is 14.9. The van der Waals surface area contributed by atoms with Crippen LogP contribution < -0.4 is 10.6 Å². The van der Waals surface area contributed by atoms with Crippen LogP contribution in [0.25, 0.3) is 0 Å². The van der Waals surface area contributed by atoms with E-state index in [9.17, 15) is 0 Å². The van der Waals surface area contributed by atoms with Gasteiger partial charge in [0, 0.05) is 45.8 Å². The van der Waals surface area contributed by atoms with Gasteiger partial charge >= 0.3 is 0 Å². The van der Waals surface area contributed by atoms with Crippen LogP contribution in [0.1, 0.15) is 19.6 Å². The highest BCUT2D eigenvalue weighted by molar-refractivity contribution is 5.79. The van der Waals surface area contributed by atoms with Gasteiger partial charge in [-0.1, -0.05) is 13.8 Å². The second-order valence-corrected chi connectivity index (χ2v) is 6.54. The van der Waals surface area contributed by atoms with Crippen molar-refractivity contribution >= 4 is 5.96 Å². The third-order valence-corrected chi connectivity index (χ3v) is 4.49. The van der Waals surface area contributed by atoms with Crippen LogP contribution in [0.4, 0.5) is 0 Å². The summed E-state index contributed by atoms with van der Waals surface area (Å²) in [5, 5.41) is 6.76. The highest BCUT2D eigenvalue weighted by Crippen LogP contribution is 2.12. The Labute approximate surface area is 139 Å². The lowest BCUT2D eigenvalue weighted by Gasteiger charge is -2.40. The Balaban J connectivity index is 1.82. The Morgan fingerprint density at radius 1 is 1.26 bits per heavy atom. The molecule has 2 heterocycles. The van der Waals surface area contributed by atoms with Crippen LogP contribution in [0.3, 0.4) is 0 Å². The van der Waals surface area contributed by atoms with E-state index >= 15 is 0 Å². The van der Waals surface area contributed by atoms with Gasteiger partial charge in [-0.2, -0.15) is 0 Å². The molecule has 1 aromatic rings. The number of nitrogens with one attached hydrogen (secondary N) is 2. The molecule has 130 valence electrons. The minimum atomic E-state index is 0.519. The van der Waals surface area contributed by atoms with Gasteiger partial charge in [-0.15, -0.1) is 0 Å². The van der Waals surface area contributed by atoms with Gasteiger partial charge in [0.05, 0.1) is 12.8 Å². The van der Waals surface area contributed by atoms with Crippen molar-refractivity contribution in [3.05, 3.63) is 24.2 Å². The zero-order valence-electron chi connectivity index (χ0n) is 14.9. The number of nitrogens with zero attached hydrogens (tertiary/aromatic N) is 3. The van der Waals surface area contributed by atoms with Crippen LogP contribution in [0.15, 0.2) is 27.8 Å². The third kappa shape index (κ3) is 5.55. The number of piperazine rings is 1. The second-order valence-electron chi connectivity index (χ2n) is 6.54. The Morgan fingerprint density at radius 2 is 2.00 bits per heavy atom. The van der Waals surface area contributed by atoms with Crippen molar-refractivity contribution < 1.29 is 4.42 Å². The number of likely N-dealkylation sites (N-methyl/N-ethyl adjacent to an activating group) is 1. The molecule has 1 aliphatic heterocycles. The summed E-state index contributed by atoms with van der Waals surface area (Å²) < 4.78 is 5.34. The van der Waals surface area contributed by atoms with Gasteiger partial charge in [0.2, 0.25) is 0 Å². The Kier molecular flexibility index (Phi) is 6.92. The number of guanidine groups is 1. The number of hydrogen-bond acceptors (Lipinski definition) is 4. The molecule has 6 heteroatoms. The van der Waals surface area contributed by atoms with E-state index in [4.69, 9.17) is 4.42 Å². The summed E-state index contributed by atoms with van der Waals surface area (Å²) in [4.78, 5) is 9.29. The van der Waals surface area contributed by atoms with Crippen molar-refractivity contribution in [3.8, 4) is 0 Å². The average Bonchev–Trinajstić information content (AvgIpc) is 3.05. The quantitative estimate of drug-likeness (QED) is 0.609. The maximum absolute atomic E-state index is 5.34. The summed E-state index contributed by atoms with van der Waals surface area (Å²) in [6, 6.07) is 4.38. The third-order valence-electron chi connectivity index (χ3n) is 4.49. The smallest absolute Gasteiger partial charge is 0.191 e. The van der Waals surface area contributed by atoms with Crippen LogP contribution in [0.2, 0.25) is 0 Å². The molecule has 0 aliphatic carbocycles. The summed E-state index contributed by atoms with van der Waals surface area (Å²) >= 11 is 0. The molecule has 0 amide bonds. The minimum Gasteiger partial charge on any atom is -0.467 e. The SMILES string of the molecule is CN=C(NCc1ccco1)NCC(C(C)C)N1CCN(C)CC1. The van der Waals surface area contributed by atoms with Crippen LogP contribution in [-0.2, 0) is 6.54 Å². The molecule has 23 heavy (non-hydrogen) atoms. The first kappa shape index (κ1) is 17.8. The van der Waals surface area contributed by atoms with E-state index in [0.29, 0.717) is 18.5 Å². The highest BCUT2D eigenvalue weighted by Gasteiger charge is 2.24. The molecule has 1 aliphatic rings. The minimum absolute atomic E-state index is 0.519. The largest absolute Gasteiger partial charge is 0.467 e. The number of aliphatic imine (C=N–C) groups is 1. The van der Waals surface area contributed by atoms with Gasteiger partial charge in [-0.05, 0) is 25.1 Å². The van der Waals surface area contributed by atoms with Gasteiger partial charge < -0.3 is 20.0 Å². The van der Waals surface area contributed by atoms with Crippen molar-refractivity contribution in [2.45, 2.75) is 26.4 Å². The number of furan rings is 1. The summed E-state index contributed by atoms with van der Waals surface area (Å²) in [5.41, 5.74) is 0. The van der Waals surface area contributed by atoms with Gasteiger partial charge in [0.15, 0.2) is 5.96 Å². The zero-order chi connectivity index (χ0) is 16.7. The van der Waals surface area contributed by atoms with Crippen molar-refractivity contribution in [2.75, 3.05) is 46.8 Å². The Morgan fingerprint density at radius 3 is 2.57 bits per heavy atom. The standard InChI is InChI=1S/C17H31N5O/c1-14(2)16(22-9-7-21(4)8-10-22)13-20-17(18-3)19-12-15-6-5-11-23-15/h5-6,11,14,16H,7-10,12-13H2,1-4H3,(H2,18,19,20).